The number of pyridine rings is 1. The third-order valence-electron chi connectivity index (χ3n) is 2.15. The van der Waals surface area contributed by atoms with Crippen LogP contribution in [0.15, 0.2) is 29.4 Å². The molecule has 8 heteroatoms. The van der Waals surface area contributed by atoms with Crippen LogP contribution in [0.4, 0.5) is 10.9 Å². The summed E-state index contributed by atoms with van der Waals surface area (Å²) in [6.07, 6.45) is 2.92. The molecule has 0 unspecified atom stereocenters. The molecule has 96 valence electrons. The van der Waals surface area contributed by atoms with Crippen molar-refractivity contribution >= 4 is 32.3 Å². The zero-order valence-electron chi connectivity index (χ0n) is 9.84. The highest BCUT2D eigenvalue weighted by atomic mass is 32.2. The summed E-state index contributed by atoms with van der Waals surface area (Å²) in [6.45, 7) is 1.86. The van der Waals surface area contributed by atoms with Crippen molar-refractivity contribution in [2.45, 2.75) is 11.8 Å². The highest BCUT2D eigenvalue weighted by Crippen LogP contribution is 2.20. The largest absolute Gasteiger partial charge is 0.373 e. The Morgan fingerprint density at radius 2 is 2.00 bits per heavy atom. The summed E-state index contributed by atoms with van der Waals surface area (Å²) in [6, 6.07) is 3.09. The summed E-state index contributed by atoms with van der Waals surface area (Å²) in [4.78, 5) is 8.97. The van der Waals surface area contributed by atoms with E-state index in [0.717, 1.165) is 4.88 Å². The molecule has 2 aromatic heterocycles. The molecular weight excluding hydrogens is 272 g/mol. The van der Waals surface area contributed by atoms with Gasteiger partial charge < -0.3 is 5.32 Å². The molecule has 0 radical (unpaired) electrons. The summed E-state index contributed by atoms with van der Waals surface area (Å²) in [7, 11) is -1.90. The molecule has 0 aliphatic carbocycles. The van der Waals surface area contributed by atoms with Crippen molar-refractivity contribution < 1.29 is 8.42 Å². The van der Waals surface area contributed by atoms with Gasteiger partial charge in [-0.25, -0.2) is 18.4 Å². The number of nitrogens with one attached hydrogen (secondary N) is 2. The normalized spacial score (nSPS) is 11.2. The van der Waals surface area contributed by atoms with E-state index in [9.17, 15) is 8.42 Å². The first-order valence-electron chi connectivity index (χ1n) is 5.10. The highest BCUT2D eigenvalue weighted by Gasteiger charge is 2.16. The van der Waals surface area contributed by atoms with Gasteiger partial charge in [-0.1, -0.05) is 0 Å². The predicted molar refractivity (Wildman–Crippen MR) is 71.4 cm³/mol. The van der Waals surface area contributed by atoms with Crippen LogP contribution < -0.4 is 10.0 Å². The Hall–Kier alpha value is -1.67. The third-order valence-corrected chi connectivity index (χ3v) is 4.43. The molecule has 0 spiro atoms. The number of sulfonamides is 1. The Morgan fingerprint density at radius 3 is 2.50 bits per heavy atom. The second-order valence-corrected chi connectivity index (χ2v) is 6.43. The van der Waals surface area contributed by atoms with Gasteiger partial charge in [-0.05, 0) is 19.1 Å². The summed E-state index contributed by atoms with van der Waals surface area (Å²) < 4.78 is 26.4. The average molecular weight is 284 g/mol. The van der Waals surface area contributed by atoms with E-state index in [2.05, 4.69) is 20.0 Å². The SMILES string of the molecule is CNc1ccc(S(=O)(=O)Nc2ncc(C)s2)cn1. The van der Waals surface area contributed by atoms with Gasteiger partial charge in [0.25, 0.3) is 10.0 Å². The zero-order chi connectivity index (χ0) is 13.2. The predicted octanol–water partition coefficient (Wildman–Crippen LogP) is 1.69. The topological polar surface area (TPSA) is 84.0 Å². The fourth-order valence-electron chi connectivity index (χ4n) is 1.26. The lowest BCUT2D eigenvalue weighted by molar-refractivity contribution is 0.601. The molecule has 0 saturated carbocycles. The maximum atomic E-state index is 12.0. The molecule has 0 amide bonds. The van der Waals surface area contributed by atoms with E-state index in [0.29, 0.717) is 10.9 Å². The van der Waals surface area contributed by atoms with Gasteiger partial charge >= 0.3 is 0 Å². The Labute approximate surface area is 109 Å². The fourth-order valence-corrected chi connectivity index (χ4v) is 3.11. The molecule has 0 aliphatic rings. The number of rotatable bonds is 4. The lowest BCUT2D eigenvalue weighted by Gasteiger charge is -2.05. The Kier molecular flexibility index (Phi) is 3.48. The van der Waals surface area contributed by atoms with Crippen LogP contribution >= 0.6 is 11.3 Å². The van der Waals surface area contributed by atoms with Crippen molar-refractivity contribution in [2.24, 2.45) is 0 Å². The smallest absolute Gasteiger partial charge is 0.265 e. The maximum Gasteiger partial charge on any atom is 0.265 e. The standard InChI is InChI=1S/C10H12N4O2S2/c1-7-5-13-10(17-7)14-18(15,16)8-3-4-9(11-2)12-6-8/h3-6H,1-2H3,(H,11,12)(H,13,14). The minimum absolute atomic E-state index is 0.106. The van der Waals surface area contributed by atoms with Gasteiger partial charge in [-0.15, -0.1) is 11.3 Å². The third kappa shape index (κ3) is 2.77. The maximum absolute atomic E-state index is 12.0. The molecule has 0 saturated heterocycles. The quantitative estimate of drug-likeness (QED) is 0.892. The van der Waals surface area contributed by atoms with Crippen molar-refractivity contribution in [3.63, 3.8) is 0 Å². The van der Waals surface area contributed by atoms with Gasteiger partial charge in [0.15, 0.2) is 5.13 Å². The van der Waals surface area contributed by atoms with Crippen molar-refractivity contribution in [3.05, 3.63) is 29.4 Å². The summed E-state index contributed by atoms with van der Waals surface area (Å²) in [5.41, 5.74) is 0. The fraction of sp³-hybridized carbons (Fsp3) is 0.200. The monoisotopic (exact) mass is 284 g/mol. The number of nitrogens with zero attached hydrogens (tertiary/aromatic N) is 2. The van der Waals surface area contributed by atoms with Crippen LogP contribution in [0.25, 0.3) is 0 Å². The molecular formula is C10H12N4O2S2. The molecule has 2 aromatic rings. The van der Waals surface area contributed by atoms with Gasteiger partial charge in [0.05, 0.1) is 0 Å². The van der Waals surface area contributed by atoms with Crippen LogP contribution in [-0.2, 0) is 10.0 Å². The van der Waals surface area contributed by atoms with E-state index in [1.54, 1.807) is 19.3 Å². The molecule has 2 heterocycles. The minimum Gasteiger partial charge on any atom is -0.373 e. The Morgan fingerprint density at radius 1 is 1.22 bits per heavy atom. The summed E-state index contributed by atoms with van der Waals surface area (Å²) in [5, 5.41) is 3.17. The van der Waals surface area contributed by atoms with Crippen LogP contribution in [0.2, 0.25) is 0 Å². The van der Waals surface area contributed by atoms with Crippen molar-refractivity contribution in [3.8, 4) is 0 Å². The number of hydrogen-bond donors (Lipinski definition) is 2. The first-order chi connectivity index (χ1) is 8.51. The molecule has 0 atom stereocenters. The molecule has 0 fully saturated rings. The second-order valence-electron chi connectivity index (χ2n) is 3.51. The zero-order valence-corrected chi connectivity index (χ0v) is 11.5. The van der Waals surface area contributed by atoms with Crippen LogP contribution in [0.1, 0.15) is 4.88 Å². The van der Waals surface area contributed by atoms with Gasteiger partial charge in [0, 0.05) is 24.3 Å². The number of aryl methyl sites for hydroxylation is 1. The number of thiazole rings is 1. The van der Waals surface area contributed by atoms with Gasteiger partial charge in [-0.3, -0.25) is 4.72 Å². The van der Waals surface area contributed by atoms with E-state index < -0.39 is 10.0 Å². The number of hydrogen-bond acceptors (Lipinski definition) is 6. The van der Waals surface area contributed by atoms with Gasteiger partial charge in [0.1, 0.15) is 10.7 Å². The van der Waals surface area contributed by atoms with E-state index in [4.69, 9.17) is 0 Å². The van der Waals surface area contributed by atoms with Crippen molar-refractivity contribution in [1.29, 1.82) is 0 Å². The lowest BCUT2D eigenvalue weighted by atomic mass is 10.5. The molecule has 18 heavy (non-hydrogen) atoms. The van der Waals surface area contributed by atoms with Crippen molar-refractivity contribution in [1.82, 2.24) is 9.97 Å². The first kappa shape index (κ1) is 12.8. The Balaban J connectivity index is 2.24. The Bertz CT molecular complexity index is 634. The molecule has 2 rings (SSSR count). The average Bonchev–Trinajstić information content (AvgIpc) is 2.74. The molecule has 0 aromatic carbocycles. The van der Waals surface area contributed by atoms with Crippen molar-refractivity contribution in [2.75, 3.05) is 17.1 Å². The van der Waals surface area contributed by atoms with Gasteiger partial charge in [-0.2, -0.15) is 0 Å². The summed E-state index contributed by atoms with van der Waals surface area (Å²) in [5.74, 6) is 0.610. The second kappa shape index (κ2) is 4.91. The number of anilines is 2. The van der Waals surface area contributed by atoms with E-state index >= 15 is 0 Å². The van der Waals surface area contributed by atoms with Crippen LogP contribution in [0.3, 0.4) is 0 Å². The lowest BCUT2D eigenvalue weighted by Crippen LogP contribution is -2.13. The minimum atomic E-state index is -3.62. The molecule has 2 N–H and O–H groups in total. The highest BCUT2D eigenvalue weighted by molar-refractivity contribution is 7.93. The molecule has 0 bridgehead atoms. The first-order valence-corrected chi connectivity index (χ1v) is 7.40. The number of aromatic nitrogens is 2. The van der Waals surface area contributed by atoms with Crippen LogP contribution in [0.5, 0.6) is 0 Å². The van der Waals surface area contributed by atoms with E-state index in [-0.39, 0.29) is 4.90 Å². The molecule has 6 nitrogen and oxygen atoms in total. The van der Waals surface area contributed by atoms with Gasteiger partial charge in [0.2, 0.25) is 0 Å². The molecule has 0 aliphatic heterocycles. The van der Waals surface area contributed by atoms with E-state index in [1.165, 1.54) is 23.6 Å². The summed E-state index contributed by atoms with van der Waals surface area (Å²) >= 11 is 1.28. The van der Waals surface area contributed by atoms with Crippen LogP contribution in [0, 0.1) is 6.92 Å². The van der Waals surface area contributed by atoms with Crippen LogP contribution in [-0.4, -0.2) is 25.4 Å². The van der Waals surface area contributed by atoms with E-state index in [1.807, 2.05) is 6.92 Å².